The van der Waals surface area contributed by atoms with Crippen molar-refractivity contribution in [3.63, 3.8) is 0 Å². The van der Waals surface area contributed by atoms with Crippen molar-refractivity contribution in [2.24, 2.45) is 0 Å². The van der Waals surface area contributed by atoms with E-state index in [1.807, 2.05) is 6.07 Å². The van der Waals surface area contributed by atoms with Crippen molar-refractivity contribution in [2.45, 2.75) is 70.6 Å². The van der Waals surface area contributed by atoms with Gasteiger partial charge in [-0.3, -0.25) is 4.79 Å². The molecule has 0 radical (unpaired) electrons. The van der Waals surface area contributed by atoms with E-state index in [4.69, 9.17) is 23.4 Å². The molecule has 0 aliphatic heterocycles. The van der Waals surface area contributed by atoms with E-state index in [9.17, 15) is 9.90 Å². The van der Waals surface area contributed by atoms with Crippen LogP contribution in [-0.4, -0.2) is 31.0 Å². The van der Waals surface area contributed by atoms with Crippen LogP contribution in [0, 0.1) is 0 Å². The quantitative estimate of drug-likeness (QED) is 0.157. The summed E-state index contributed by atoms with van der Waals surface area (Å²) in [6.45, 7) is 0.305. The lowest BCUT2D eigenvalue weighted by molar-refractivity contribution is 0.282. The van der Waals surface area contributed by atoms with Crippen LogP contribution in [0.25, 0.3) is 33.3 Å². The number of hydrogen-bond donors (Lipinski definition) is 2. The molecule has 204 valence electrons. The first-order valence-electron chi connectivity index (χ1n) is 13.6. The number of ether oxygens (including phenoxy) is 2. The van der Waals surface area contributed by atoms with Gasteiger partial charge in [-0.25, -0.2) is 0 Å². The molecule has 0 fully saturated rings. The Morgan fingerprint density at radius 1 is 0.763 bits per heavy atom. The Hall–Kier alpha value is -3.45. The van der Waals surface area contributed by atoms with Gasteiger partial charge in [0.2, 0.25) is 0 Å². The maximum atomic E-state index is 13.2. The van der Waals surface area contributed by atoms with Crippen LogP contribution in [0.4, 0.5) is 0 Å². The summed E-state index contributed by atoms with van der Waals surface area (Å²) in [5.41, 5.74) is 1.26. The van der Waals surface area contributed by atoms with Crippen molar-refractivity contribution in [3.8, 4) is 28.6 Å². The van der Waals surface area contributed by atoms with Crippen LogP contribution >= 0.6 is 0 Å². The number of phenols is 1. The lowest BCUT2D eigenvalue weighted by Crippen LogP contribution is -2.01. The van der Waals surface area contributed by atoms with Crippen LogP contribution in [0.1, 0.15) is 70.0 Å². The third kappa shape index (κ3) is 6.51. The lowest BCUT2D eigenvalue weighted by Gasteiger charge is -2.08. The third-order valence-electron chi connectivity index (χ3n) is 7.03. The number of benzene rings is 2. The minimum Gasteiger partial charge on any atom is -0.504 e. The highest BCUT2D eigenvalue weighted by Crippen LogP contribution is 2.37. The van der Waals surface area contributed by atoms with Gasteiger partial charge in [-0.1, -0.05) is 51.4 Å². The predicted octanol–water partition coefficient (Wildman–Crippen LogP) is 7.36. The molecule has 0 unspecified atom stereocenters. The smallest absolute Gasteiger partial charge is 0.197 e. The molecular formula is C31H38O7. The molecule has 0 saturated heterocycles. The van der Waals surface area contributed by atoms with Gasteiger partial charge in [-0.2, -0.15) is 0 Å². The Morgan fingerprint density at radius 2 is 1.42 bits per heavy atom. The van der Waals surface area contributed by atoms with E-state index >= 15 is 0 Å². The van der Waals surface area contributed by atoms with Crippen molar-refractivity contribution in [2.75, 3.05) is 20.8 Å². The van der Waals surface area contributed by atoms with E-state index in [-0.39, 0.29) is 11.2 Å². The molecule has 0 saturated carbocycles. The fourth-order valence-corrected chi connectivity index (χ4v) is 4.94. The van der Waals surface area contributed by atoms with Gasteiger partial charge in [0.15, 0.2) is 22.5 Å². The average molecular weight is 523 g/mol. The summed E-state index contributed by atoms with van der Waals surface area (Å²) in [5.74, 6) is 2.09. The zero-order valence-corrected chi connectivity index (χ0v) is 22.4. The molecular weight excluding hydrogens is 484 g/mol. The summed E-state index contributed by atoms with van der Waals surface area (Å²) in [4.78, 5) is 13.2. The van der Waals surface area contributed by atoms with Crippen LogP contribution < -0.4 is 14.9 Å². The normalized spacial score (nSPS) is 11.4. The van der Waals surface area contributed by atoms with Crippen molar-refractivity contribution >= 4 is 21.9 Å². The molecule has 0 amide bonds. The van der Waals surface area contributed by atoms with Gasteiger partial charge in [0, 0.05) is 30.7 Å². The molecule has 0 atom stereocenters. The molecule has 0 bridgehead atoms. The number of aliphatic hydroxyl groups excluding tert-OH is 1. The van der Waals surface area contributed by atoms with Crippen LogP contribution in [0.3, 0.4) is 0 Å². The molecule has 2 N–H and O–H groups in total. The van der Waals surface area contributed by atoms with Crippen molar-refractivity contribution in [1.82, 2.24) is 0 Å². The molecule has 0 spiro atoms. The number of aromatic hydroxyl groups is 1. The summed E-state index contributed by atoms with van der Waals surface area (Å²) in [7, 11) is 3.06. The number of phenolic OH excluding ortho intramolecular Hbond substituents is 1. The highest BCUT2D eigenvalue weighted by atomic mass is 16.5. The number of unbranched alkanes of at least 4 members (excludes halogenated alkanes) is 9. The first-order valence-corrected chi connectivity index (χ1v) is 13.6. The molecule has 2 heterocycles. The Kier molecular flexibility index (Phi) is 9.71. The number of hydrogen-bond acceptors (Lipinski definition) is 7. The number of methoxy groups -OCH3 is 2. The summed E-state index contributed by atoms with van der Waals surface area (Å²) >= 11 is 0. The Morgan fingerprint density at radius 3 is 2.08 bits per heavy atom. The Balaban J connectivity index is 1.44. The lowest BCUT2D eigenvalue weighted by atomic mass is 10.1. The Bertz CT molecular complexity index is 1400. The first kappa shape index (κ1) is 27.6. The molecule has 7 heteroatoms. The van der Waals surface area contributed by atoms with Gasteiger partial charge in [-0.15, -0.1) is 0 Å². The van der Waals surface area contributed by atoms with Crippen molar-refractivity contribution in [3.05, 3.63) is 52.4 Å². The zero-order chi connectivity index (χ0) is 26.9. The second kappa shape index (κ2) is 13.4. The van der Waals surface area contributed by atoms with E-state index in [0.717, 1.165) is 43.3 Å². The highest BCUT2D eigenvalue weighted by Gasteiger charge is 2.19. The zero-order valence-electron chi connectivity index (χ0n) is 22.4. The molecule has 4 rings (SSSR count). The van der Waals surface area contributed by atoms with Gasteiger partial charge < -0.3 is 28.5 Å². The summed E-state index contributed by atoms with van der Waals surface area (Å²) < 4.78 is 23.1. The fraction of sp³-hybridized carbons (Fsp3) is 0.452. The molecule has 0 aliphatic rings. The SMILES string of the molecule is COc1cc(-c2cc(=O)c3c(cc(OC)c4cc(CCCCCCCCCCCCO)oc43)o2)ccc1O. The van der Waals surface area contributed by atoms with Crippen molar-refractivity contribution in [1.29, 1.82) is 0 Å². The van der Waals surface area contributed by atoms with E-state index in [2.05, 4.69) is 0 Å². The van der Waals surface area contributed by atoms with E-state index in [1.54, 1.807) is 25.3 Å². The number of furan rings is 1. The third-order valence-corrected chi connectivity index (χ3v) is 7.03. The summed E-state index contributed by atoms with van der Waals surface area (Å²) in [5, 5.41) is 19.9. The first-order chi connectivity index (χ1) is 18.5. The van der Waals surface area contributed by atoms with Crippen LogP contribution in [-0.2, 0) is 6.42 Å². The van der Waals surface area contributed by atoms with E-state index < -0.39 is 0 Å². The monoisotopic (exact) mass is 522 g/mol. The van der Waals surface area contributed by atoms with Gasteiger partial charge in [0.1, 0.15) is 28.2 Å². The molecule has 2 aromatic heterocycles. The maximum absolute atomic E-state index is 13.2. The second-order valence-electron chi connectivity index (χ2n) is 9.78. The number of aryl methyl sites for hydroxylation is 1. The largest absolute Gasteiger partial charge is 0.504 e. The maximum Gasteiger partial charge on any atom is 0.197 e. The van der Waals surface area contributed by atoms with E-state index in [1.165, 1.54) is 57.8 Å². The number of fused-ring (bicyclic) bond motifs is 3. The number of aliphatic hydroxyl groups is 1. The topological polar surface area (TPSA) is 102 Å². The Labute approximate surface area is 223 Å². The minimum atomic E-state index is -0.210. The standard InChI is InChI=1S/C31H38O7/c1-35-27-20-29-30(25(34)19-26(38-29)21-14-15-24(33)28(17-21)36-2)31-23(27)18-22(37-31)13-11-9-7-5-3-4-6-8-10-12-16-32/h14-15,17-20,32-33H,3-13,16H2,1-2H3. The summed E-state index contributed by atoms with van der Waals surface area (Å²) in [6, 6.07) is 9.93. The molecule has 38 heavy (non-hydrogen) atoms. The second-order valence-corrected chi connectivity index (χ2v) is 9.78. The van der Waals surface area contributed by atoms with Gasteiger partial charge >= 0.3 is 0 Å². The van der Waals surface area contributed by atoms with Crippen molar-refractivity contribution < 1.29 is 28.5 Å². The minimum absolute atomic E-state index is 0.0104. The summed E-state index contributed by atoms with van der Waals surface area (Å²) in [6.07, 6.45) is 12.5. The molecule has 2 aromatic carbocycles. The molecule has 4 aromatic rings. The number of rotatable bonds is 15. The van der Waals surface area contributed by atoms with Gasteiger partial charge in [0.05, 0.1) is 19.6 Å². The van der Waals surface area contributed by atoms with Crippen LogP contribution in [0.15, 0.2) is 50.0 Å². The average Bonchev–Trinajstić information content (AvgIpc) is 3.35. The van der Waals surface area contributed by atoms with Crippen LogP contribution in [0.2, 0.25) is 0 Å². The fourth-order valence-electron chi connectivity index (χ4n) is 4.94. The predicted molar refractivity (Wildman–Crippen MR) is 149 cm³/mol. The van der Waals surface area contributed by atoms with Gasteiger partial charge in [0.25, 0.3) is 0 Å². The molecule has 0 aliphatic carbocycles. The van der Waals surface area contributed by atoms with Gasteiger partial charge in [-0.05, 0) is 37.1 Å². The van der Waals surface area contributed by atoms with E-state index in [0.29, 0.717) is 46.0 Å². The highest BCUT2D eigenvalue weighted by molar-refractivity contribution is 6.05. The molecule has 7 nitrogen and oxygen atoms in total. The van der Waals surface area contributed by atoms with Crippen LogP contribution in [0.5, 0.6) is 17.2 Å².